The van der Waals surface area contributed by atoms with Gasteiger partial charge in [0.05, 0.1) is 38.2 Å². The molecule has 0 N–H and O–H groups in total. The summed E-state index contributed by atoms with van der Waals surface area (Å²) in [5, 5.41) is 24.1. The maximum atomic E-state index is 10.9. The quantitative estimate of drug-likeness (QED) is 0.105. The predicted molar refractivity (Wildman–Crippen MR) is 192 cm³/mol. The number of pyridine rings is 5. The Morgan fingerprint density at radius 1 is 0.536 bits per heavy atom. The summed E-state index contributed by atoms with van der Waals surface area (Å²) < 4.78 is 34.0. The molecule has 0 saturated heterocycles. The fourth-order valence-corrected chi connectivity index (χ4v) is 5.57. The molecule has 0 aliphatic rings. The van der Waals surface area contributed by atoms with Crippen LogP contribution in [0.15, 0.2) is 140 Å². The van der Waals surface area contributed by atoms with Crippen LogP contribution in [0.25, 0.3) is 77.2 Å². The van der Waals surface area contributed by atoms with Crippen molar-refractivity contribution >= 4 is 71.4 Å². The second-order valence-corrected chi connectivity index (χ2v) is 12.2. The zero-order chi connectivity index (χ0) is 38.4. The van der Waals surface area contributed by atoms with E-state index in [0.717, 1.165) is 43.6 Å². The molecule has 16 nitrogen and oxygen atoms in total. The Bertz CT molecular complexity index is 2730. The van der Waals surface area contributed by atoms with E-state index in [9.17, 15) is 10.1 Å². The van der Waals surface area contributed by atoms with Gasteiger partial charge in [0.2, 0.25) is 0 Å². The molecule has 0 amide bonds. The molecule has 0 unspecified atom stereocenters. The first-order valence-corrected chi connectivity index (χ1v) is 17.3. The summed E-state index contributed by atoms with van der Waals surface area (Å²) in [5.74, 6) is 0.366. The van der Waals surface area contributed by atoms with Gasteiger partial charge in [-0.2, -0.15) is 10.2 Å². The minimum Gasteiger partial charge on any atom is -0.434 e. The predicted octanol–water partition coefficient (Wildman–Crippen LogP) is 2.91. The van der Waals surface area contributed by atoms with E-state index in [0.29, 0.717) is 33.6 Å². The molecule has 56 heavy (non-hydrogen) atoms. The van der Waals surface area contributed by atoms with Gasteiger partial charge in [0.25, 0.3) is 5.69 Å². The number of benzene rings is 3. The second-order valence-electron chi connectivity index (χ2n) is 11.4. The Labute approximate surface area is 330 Å². The Morgan fingerprint density at radius 3 is 1.43 bits per heavy atom. The minimum absolute atomic E-state index is 0. The first-order chi connectivity index (χ1) is 26.6. The second kappa shape index (κ2) is 17.3. The largest absolute Gasteiger partial charge is 2.00 e. The Morgan fingerprint density at radius 2 is 1.00 bits per heavy atom. The van der Waals surface area contributed by atoms with Crippen LogP contribution in [0.1, 0.15) is 0 Å². The minimum atomic E-state index is -4.94. The van der Waals surface area contributed by atoms with E-state index >= 15 is 0 Å². The van der Waals surface area contributed by atoms with E-state index in [1.54, 1.807) is 49.2 Å². The maximum absolute atomic E-state index is 10.9. The van der Waals surface area contributed by atoms with Crippen LogP contribution in [-0.4, -0.2) is 45.0 Å². The molecule has 0 atom stereocenters. The van der Waals surface area contributed by atoms with E-state index in [1.807, 2.05) is 30.3 Å². The van der Waals surface area contributed by atoms with Crippen LogP contribution in [0, 0.1) is 20.4 Å². The molecule has 10 rings (SSSR count). The number of hydrogen-bond donors (Lipinski definition) is 0. The summed E-state index contributed by atoms with van der Waals surface area (Å²) in [5.41, 5.74) is 5.92. The standard InChI is InChI=1S/C14H7N6O2.2C12H8N2.ClHO4.Ru/c21-20(22)8-4-5-10-9(7-8)12-14(16-10)17-13(19-18-12)11-3-1-2-6-15-11;2*1-3-9-5-6-10-4-2-8-14-12(10)11(9)13-7-1;2-1(3,4)5;/h1-7H;2*1-8H;(H,2,3,4,5);/q-1;;;;+2/p-1. The van der Waals surface area contributed by atoms with Crippen molar-refractivity contribution in [2.75, 3.05) is 0 Å². The summed E-state index contributed by atoms with van der Waals surface area (Å²) in [6, 6.07) is 34.1. The summed E-state index contributed by atoms with van der Waals surface area (Å²) in [6.45, 7) is 0. The van der Waals surface area contributed by atoms with E-state index in [-0.39, 0.29) is 25.2 Å². The molecule has 0 radical (unpaired) electrons. The summed E-state index contributed by atoms with van der Waals surface area (Å²) in [7, 11) is -4.94. The van der Waals surface area contributed by atoms with E-state index in [1.165, 1.54) is 12.1 Å². The van der Waals surface area contributed by atoms with Crippen molar-refractivity contribution in [3.8, 4) is 11.5 Å². The molecule has 3 aromatic carbocycles. The van der Waals surface area contributed by atoms with Gasteiger partial charge in [-0.25, -0.2) is 18.6 Å². The third-order valence-corrected chi connectivity index (χ3v) is 7.92. The number of non-ortho nitro benzene ring substituents is 1. The number of aromatic nitrogens is 9. The fraction of sp³-hybridized carbons (Fsp3) is 0. The van der Waals surface area contributed by atoms with Gasteiger partial charge in [-0.15, -0.1) is 10.2 Å². The van der Waals surface area contributed by atoms with E-state index < -0.39 is 15.2 Å². The maximum Gasteiger partial charge on any atom is 2.00 e. The molecule has 0 saturated carbocycles. The number of nitrogens with zero attached hydrogens (tertiary/aromatic N) is 10. The van der Waals surface area contributed by atoms with Crippen molar-refractivity contribution in [2.24, 2.45) is 0 Å². The van der Waals surface area contributed by atoms with Gasteiger partial charge >= 0.3 is 19.5 Å². The molecule has 0 bridgehead atoms. The number of nitro benzene ring substituents is 1. The van der Waals surface area contributed by atoms with Crippen LogP contribution in [-0.2, 0) is 19.5 Å². The van der Waals surface area contributed by atoms with Gasteiger partial charge in [0.15, 0.2) is 0 Å². The van der Waals surface area contributed by atoms with Crippen LogP contribution in [0.4, 0.5) is 5.69 Å². The average Bonchev–Trinajstić information content (AvgIpc) is 3.58. The fourth-order valence-electron chi connectivity index (χ4n) is 5.57. The van der Waals surface area contributed by atoms with Crippen LogP contribution in [0.5, 0.6) is 0 Å². The SMILES string of the molecule is O=[N+]([O-])c1ccc2[n-]c3nc(-c4ccccn4)nnc3c2c1.[O-][Cl+3]([O-])([O-])[O-].[Ru+2].c1cnc2c(c1)ccc1cccnc12.c1cnc2c(c1)ccc1cccnc12. The van der Waals surface area contributed by atoms with Gasteiger partial charge in [-0.05, 0) is 47.6 Å². The van der Waals surface area contributed by atoms with Crippen molar-refractivity contribution in [3.63, 3.8) is 0 Å². The van der Waals surface area contributed by atoms with Crippen molar-refractivity contribution in [2.45, 2.75) is 0 Å². The number of hydrogen-bond acceptors (Lipinski definition) is 14. The number of rotatable bonds is 2. The number of fused-ring (bicyclic) bond motifs is 9. The Balaban J connectivity index is 0.000000137. The molecular weight excluding hydrogens is 829 g/mol. The molecule has 10 aromatic rings. The number of nitro groups is 1. The molecule has 0 aliphatic carbocycles. The van der Waals surface area contributed by atoms with Gasteiger partial charge < -0.3 is 9.97 Å². The summed E-state index contributed by atoms with van der Waals surface area (Å²) in [6.07, 6.45) is 8.85. The summed E-state index contributed by atoms with van der Waals surface area (Å²) in [4.78, 5) is 40.6. The topological polar surface area (TPSA) is 253 Å². The average molecular weight is 852 g/mol. The zero-order valence-electron chi connectivity index (χ0n) is 28.4. The normalized spacial score (nSPS) is 10.9. The summed E-state index contributed by atoms with van der Waals surface area (Å²) >= 11 is 0. The molecule has 0 fully saturated rings. The van der Waals surface area contributed by atoms with Crippen molar-refractivity contribution in [1.82, 2.24) is 45.1 Å². The van der Waals surface area contributed by atoms with Gasteiger partial charge in [0, 0.05) is 70.0 Å². The van der Waals surface area contributed by atoms with Gasteiger partial charge in [-0.1, -0.05) is 60.7 Å². The first kappa shape index (κ1) is 39.1. The molecule has 18 heteroatoms. The molecular formula is C38H23ClN10O6Ru. The van der Waals surface area contributed by atoms with Crippen LogP contribution < -0.4 is 23.6 Å². The van der Waals surface area contributed by atoms with Crippen molar-refractivity contribution < 1.29 is 53.3 Å². The Hall–Kier alpha value is -6.59. The van der Waals surface area contributed by atoms with E-state index in [2.05, 4.69) is 93.6 Å². The van der Waals surface area contributed by atoms with E-state index in [4.69, 9.17) is 18.6 Å². The van der Waals surface area contributed by atoms with Crippen molar-refractivity contribution in [1.29, 1.82) is 0 Å². The first-order valence-electron chi connectivity index (χ1n) is 16.1. The third kappa shape index (κ3) is 9.19. The van der Waals surface area contributed by atoms with Crippen LogP contribution >= 0.6 is 0 Å². The van der Waals surface area contributed by atoms with Crippen molar-refractivity contribution in [3.05, 3.63) is 150 Å². The molecule has 7 aromatic heterocycles. The monoisotopic (exact) mass is 852 g/mol. The van der Waals surface area contributed by atoms with Crippen LogP contribution in [0.2, 0.25) is 0 Å². The molecule has 276 valence electrons. The molecule has 0 aliphatic heterocycles. The smallest absolute Gasteiger partial charge is 0.434 e. The van der Waals surface area contributed by atoms with Crippen LogP contribution in [0.3, 0.4) is 0 Å². The Kier molecular flexibility index (Phi) is 12.1. The van der Waals surface area contributed by atoms with Gasteiger partial charge in [-0.3, -0.25) is 35.0 Å². The van der Waals surface area contributed by atoms with Gasteiger partial charge in [0.1, 0.15) is 5.82 Å². The third-order valence-electron chi connectivity index (χ3n) is 7.92. The molecule has 0 spiro atoms. The molecule has 7 heterocycles. The zero-order valence-corrected chi connectivity index (χ0v) is 30.9. The number of halogens is 1.